The second kappa shape index (κ2) is 8.59. The van der Waals surface area contributed by atoms with Crippen LogP contribution in [0.2, 0.25) is 0 Å². The molecule has 0 aliphatic heterocycles. The number of thiazole rings is 1. The van der Waals surface area contributed by atoms with Crippen LogP contribution in [0, 0.1) is 0 Å². The van der Waals surface area contributed by atoms with Crippen molar-refractivity contribution in [3.8, 4) is 0 Å². The summed E-state index contributed by atoms with van der Waals surface area (Å²) in [4.78, 5) is 19.1. The van der Waals surface area contributed by atoms with Crippen molar-refractivity contribution in [3.05, 3.63) is 40.9 Å². The summed E-state index contributed by atoms with van der Waals surface area (Å²) in [5.74, 6) is 0.0972. The number of allylic oxidation sites excluding steroid dienone is 1. The molecular weight excluding hydrogens is 330 g/mol. The highest BCUT2D eigenvalue weighted by Crippen LogP contribution is 2.23. The van der Waals surface area contributed by atoms with E-state index in [2.05, 4.69) is 27.3 Å². The number of hydrogen-bond donors (Lipinski definition) is 1. The van der Waals surface area contributed by atoms with Gasteiger partial charge in [-0.05, 0) is 58.2 Å². The molecule has 1 unspecified atom stereocenters. The number of fused-ring (bicyclic) bond motifs is 1. The molecular formula is C20H27N3OS. The van der Waals surface area contributed by atoms with Crippen LogP contribution < -0.4 is 5.32 Å². The van der Waals surface area contributed by atoms with E-state index in [1.165, 1.54) is 36.0 Å². The number of carbonyl (C=O) groups is 1. The Hall–Kier alpha value is -1.72. The minimum absolute atomic E-state index is 0.0972. The van der Waals surface area contributed by atoms with Gasteiger partial charge in [-0.2, -0.15) is 0 Å². The third kappa shape index (κ3) is 4.89. The molecule has 1 heterocycles. The Bertz CT molecular complexity index is 719. The van der Waals surface area contributed by atoms with E-state index < -0.39 is 0 Å². The third-order valence-electron chi connectivity index (χ3n) is 4.89. The van der Waals surface area contributed by atoms with Gasteiger partial charge in [-0.25, -0.2) is 4.98 Å². The lowest BCUT2D eigenvalue weighted by Crippen LogP contribution is -2.43. The number of benzene rings is 1. The number of carbonyl (C=O) groups excluding carboxylic acids is 1. The summed E-state index contributed by atoms with van der Waals surface area (Å²) >= 11 is 1.70. The van der Waals surface area contributed by atoms with E-state index in [0.717, 1.165) is 23.5 Å². The molecule has 0 saturated heterocycles. The molecule has 1 aromatic heterocycles. The maximum atomic E-state index is 12.4. The van der Waals surface area contributed by atoms with Gasteiger partial charge in [0.25, 0.3) is 0 Å². The molecule has 1 amide bonds. The molecule has 2 aromatic rings. The van der Waals surface area contributed by atoms with Crippen molar-refractivity contribution in [2.45, 2.75) is 51.6 Å². The van der Waals surface area contributed by atoms with Crippen LogP contribution in [0.15, 0.2) is 35.9 Å². The minimum atomic E-state index is -0.160. The molecule has 1 aliphatic carbocycles. The van der Waals surface area contributed by atoms with E-state index in [4.69, 9.17) is 0 Å². The van der Waals surface area contributed by atoms with Crippen LogP contribution in [-0.4, -0.2) is 35.4 Å². The Kier molecular flexibility index (Phi) is 6.21. The van der Waals surface area contributed by atoms with Crippen LogP contribution in [0.4, 0.5) is 0 Å². The lowest BCUT2D eigenvalue weighted by molar-refractivity contribution is -0.125. The molecule has 0 bridgehead atoms. The molecule has 1 atom stereocenters. The molecule has 25 heavy (non-hydrogen) atoms. The predicted molar refractivity (Wildman–Crippen MR) is 105 cm³/mol. The summed E-state index contributed by atoms with van der Waals surface area (Å²) in [5, 5.41) is 4.14. The molecule has 134 valence electrons. The number of amides is 1. The summed E-state index contributed by atoms with van der Waals surface area (Å²) in [6, 6.07) is 8.00. The molecule has 1 aliphatic rings. The van der Waals surface area contributed by atoms with Crippen molar-refractivity contribution in [1.82, 2.24) is 15.2 Å². The summed E-state index contributed by atoms with van der Waals surface area (Å²) < 4.78 is 1.20. The molecule has 0 saturated carbocycles. The van der Waals surface area contributed by atoms with Crippen LogP contribution >= 0.6 is 11.3 Å². The first-order valence-corrected chi connectivity index (χ1v) is 9.95. The summed E-state index contributed by atoms with van der Waals surface area (Å²) in [7, 11) is 1.99. The van der Waals surface area contributed by atoms with E-state index in [1.807, 2.05) is 32.2 Å². The molecule has 3 rings (SSSR count). The van der Waals surface area contributed by atoms with Gasteiger partial charge in [-0.1, -0.05) is 23.8 Å². The van der Waals surface area contributed by atoms with Crippen LogP contribution in [0.25, 0.3) is 10.2 Å². The van der Waals surface area contributed by atoms with Crippen molar-refractivity contribution < 1.29 is 4.79 Å². The minimum Gasteiger partial charge on any atom is -0.354 e. The topological polar surface area (TPSA) is 45.2 Å². The second-order valence-electron chi connectivity index (χ2n) is 6.82. The average molecular weight is 358 g/mol. The fourth-order valence-electron chi connectivity index (χ4n) is 3.16. The molecule has 1 aromatic carbocycles. The highest BCUT2D eigenvalue weighted by Gasteiger charge is 2.19. The fraction of sp³-hybridized carbons (Fsp3) is 0.500. The quantitative estimate of drug-likeness (QED) is 0.758. The molecule has 0 radical (unpaired) electrons. The Morgan fingerprint density at radius 1 is 1.36 bits per heavy atom. The van der Waals surface area contributed by atoms with Crippen molar-refractivity contribution in [3.63, 3.8) is 0 Å². The Morgan fingerprint density at radius 2 is 2.20 bits per heavy atom. The number of nitrogens with zero attached hydrogens (tertiary/aromatic N) is 2. The molecule has 0 fully saturated rings. The van der Waals surface area contributed by atoms with Gasteiger partial charge >= 0.3 is 0 Å². The number of likely N-dealkylation sites (N-methyl/N-ethyl adjacent to an activating group) is 1. The van der Waals surface area contributed by atoms with Crippen LogP contribution in [0.3, 0.4) is 0 Å². The Labute approximate surface area is 153 Å². The maximum Gasteiger partial charge on any atom is 0.237 e. The van der Waals surface area contributed by atoms with Crippen molar-refractivity contribution in [2.24, 2.45) is 0 Å². The maximum absolute atomic E-state index is 12.4. The molecule has 5 heteroatoms. The van der Waals surface area contributed by atoms with Gasteiger partial charge in [-0.3, -0.25) is 9.69 Å². The Balaban J connectivity index is 1.48. The van der Waals surface area contributed by atoms with Gasteiger partial charge in [0, 0.05) is 6.54 Å². The first-order valence-electron chi connectivity index (χ1n) is 9.14. The lowest BCUT2D eigenvalue weighted by atomic mass is 9.97. The average Bonchev–Trinajstić information content (AvgIpc) is 3.04. The normalized spacial score (nSPS) is 16.0. The SMILES string of the molecule is CC(C(=O)NCCC1=CCCCC1)N(C)Cc1nc2ccccc2s1. The number of rotatable bonds is 7. The smallest absolute Gasteiger partial charge is 0.237 e. The van der Waals surface area contributed by atoms with Gasteiger partial charge in [0.15, 0.2) is 0 Å². The van der Waals surface area contributed by atoms with Crippen LogP contribution in [-0.2, 0) is 11.3 Å². The largest absolute Gasteiger partial charge is 0.354 e. The van der Waals surface area contributed by atoms with Gasteiger partial charge in [0.1, 0.15) is 5.01 Å². The number of hydrogen-bond acceptors (Lipinski definition) is 4. The molecule has 4 nitrogen and oxygen atoms in total. The zero-order valence-electron chi connectivity index (χ0n) is 15.1. The van der Waals surface area contributed by atoms with Crippen molar-refractivity contribution in [1.29, 1.82) is 0 Å². The summed E-state index contributed by atoms with van der Waals surface area (Å²) in [6.45, 7) is 3.39. The highest BCUT2D eigenvalue weighted by atomic mass is 32.1. The highest BCUT2D eigenvalue weighted by molar-refractivity contribution is 7.18. The van der Waals surface area contributed by atoms with Gasteiger partial charge in [0.2, 0.25) is 5.91 Å². The lowest BCUT2D eigenvalue weighted by Gasteiger charge is -2.23. The van der Waals surface area contributed by atoms with E-state index >= 15 is 0 Å². The molecule has 1 N–H and O–H groups in total. The first-order chi connectivity index (χ1) is 12.1. The monoisotopic (exact) mass is 357 g/mol. The van der Waals surface area contributed by atoms with E-state index in [0.29, 0.717) is 6.54 Å². The van der Waals surface area contributed by atoms with Gasteiger partial charge < -0.3 is 5.32 Å². The second-order valence-corrected chi connectivity index (χ2v) is 7.93. The van der Waals surface area contributed by atoms with Crippen molar-refractivity contribution in [2.75, 3.05) is 13.6 Å². The van der Waals surface area contributed by atoms with Crippen LogP contribution in [0.5, 0.6) is 0 Å². The summed E-state index contributed by atoms with van der Waals surface area (Å²) in [5.41, 5.74) is 2.54. The number of para-hydroxylation sites is 1. The zero-order chi connectivity index (χ0) is 17.6. The number of aromatic nitrogens is 1. The Morgan fingerprint density at radius 3 is 2.96 bits per heavy atom. The van der Waals surface area contributed by atoms with Gasteiger partial charge in [-0.15, -0.1) is 11.3 Å². The zero-order valence-corrected chi connectivity index (χ0v) is 15.9. The van der Waals surface area contributed by atoms with E-state index in [-0.39, 0.29) is 11.9 Å². The first kappa shape index (κ1) is 18.1. The van der Waals surface area contributed by atoms with Gasteiger partial charge in [0.05, 0.1) is 22.8 Å². The predicted octanol–water partition coefficient (Wildman–Crippen LogP) is 4.12. The van der Waals surface area contributed by atoms with E-state index in [9.17, 15) is 4.79 Å². The third-order valence-corrected chi connectivity index (χ3v) is 5.91. The van der Waals surface area contributed by atoms with Crippen molar-refractivity contribution >= 4 is 27.5 Å². The van der Waals surface area contributed by atoms with E-state index in [1.54, 1.807) is 11.3 Å². The fourth-order valence-corrected chi connectivity index (χ4v) is 4.19. The summed E-state index contributed by atoms with van der Waals surface area (Å²) in [6.07, 6.45) is 8.33. The van der Waals surface area contributed by atoms with Crippen LogP contribution in [0.1, 0.15) is 44.0 Å². The molecule has 0 spiro atoms. The standard InChI is InChI=1S/C20H27N3OS/c1-15(20(24)21-13-12-16-8-4-3-5-9-16)23(2)14-19-22-17-10-6-7-11-18(17)25-19/h6-8,10-11,15H,3-5,9,12-14H2,1-2H3,(H,21,24). The number of nitrogens with one attached hydrogen (secondary N) is 1.